The number of carboxylic acids is 1. The number of aromatic nitrogens is 2. The van der Waals surface area contributed by atoms with Gasteiger partial charge in [0.2, 0.25) is 5.88 Å². The molecule has 1 saturated carbocycles. The minimum atomic E-state index is -0.756. The first-order valence-electron chi connectivity index (χ1n) is 6.52. The van der Waals surface area contributed by atoms with Gasteiger partial charge in [-0.05, 0) is 24.7 Å². The molecule has 1 aromatic rings. The van der Waals surface area contributed by atoms with Crippen molar-refractivity contribution in [3.63, 3.8) is 0 Å². The van der Waals surface area contributed by atoms with Crippen LogP contribution in [0.4, 0.5) is 0 Å². The van der Waals surface area contributed by atoms with Crippen LogP contribution in [0.1, 0.15) is 44.7 Å². The van der Waals surface area contributed by atoms with Crippen LogP contribution in [0, 0.1) is 11.3 Å². The van der Waals surface area contributed by atoms with E-state index in [0.29, 0.717) is 18.0 Å². The standard InChI is InChI=1S/C14H20N2O3/c1-14(2)5-4-9(13(17)18)10(8-14)11-12(19-3)16-7-6-15-11/h6-7,9-10H,4-5,8H2,1-3H3,(H,17,18). The van der Waals surface area contributed by atoms with Crippen molar-refractivity contribution in [3.8, 4) is 5.88 Å². The highest BCUT2D eigenvalue weighted by Crippen LogP contribution is 2.47. The Morgan fingerprint density at radius 2 is 2.11 bits per heavy atom. The van der Waals surface area contributed by atoms with E-state index in [0.717, 1.165) is 12.8 Å². The van der Waals surface area contributed by atoms with Gasteiger partial charge in [0.25, 0.3) is 0 Å². The van der Waals surface area contributed by atoms with Crippen LogP contribution >= 0.6 is 0 Å². The second kappa shape index (κ2) is 5.15. The van der Waals surface area contributed by atoms with Crippen LogP contribution in [0.2, 0.25) is 0 Å². The molecule has 0 spiro atoms. The number of hydrogen-bond donors (Lipinski definition) is 1. The van der Waals surface area contributed by atoms with Gasteiger partial charge in [-0.15, -0.1) is 0 Å². The first-order chi connectivity index (χ1) is 8.94. The van der Waals surface area contributed by atoms with E-state index in [1.807, 2.05) is 0 Å². The van der Waals surface area contributed by atoms with E-state index in [1.165, 1.54) is 7.11 Å². The molecule has 2 atom stereocenters. The molecule has 0 saturated heterocycles. The van der Waals surface area contributed by atoms with Gasteiger partial charge in [-0.2, -0.15) is 0 Å². The fourth-order valence-electron chi connectivity index (χ4n) is 2.92. The molecule has 1 aliphatic carbocycles. The summed E-state index contributed by atoms with van der Waals surface area (Å²) in [6.45, 7) is 4.34. The summed E-state index contributed by atoms with van der Waals surface area (Å²) < 4.78 is 5.23. The fourth-order valence-corrected chi connectivity index (χ4v) is 2.92. The van der Waals surface area contributed by atoms with E-state index in [4.69, 9.17) is 4.74 Å². The van der Waals surface area contributed by atoms with Crippen LogP contribution in [-0.4, -0.2) is 28.2 Å². The topological polar surface area (TPSA) is 72.3 Å². The molecule has 1 aliphatic rings. The van der Waals surface area contributed by atoms with Gasteiger partial charge in [-0.3, -0.25) is 9.78 Å². The third-order valence-corrected chi connectivity index (χ3v) is 3.94. The van der Waals surface area contributed by atoms with Crippen LogP contribution in [0.15, 0.2) is 12.4 Å². The predicted molar refractivity (Wildman–Crippen MR) is 70.1 cm³/mol. The normalized spacial score (nSPS) is 25.8. The summed E-state index contributed by atoms with van der Waals surface area (Å²) in [6, 6.07) is 0. The van der Waals surface area contributed by atoms with Crippen molar-refractivity contribution >= 4 is 5.97 Å². The van der Waals surface area contributed by atoms with E-state index < -0.39 is 11.9 Å². The van der Waals surface area contributed by atoms with Crippen molar-refractivity contribution in [2.45, 2.75) is 39.0 Å². The zero-order valence-electron chi connectivity index (χ0n) is 11.6. The molecule has 0 radical (unpaired) electrons. The summed E-state index contributed by atoms with van der Waals surface area (Å²) >= 11 is 0. The van der Waals surface area contributed by atoms with Gasteiger partial charge >= 0.3 is 5.97 Å². The number of hydrogen-bond acceptors (Lipinski definition) is 4. The number of carbonyl (C=O) groups is 1. The van der Waals surface area contributed by atoms with Crippen molar-refractivity contribution in [1.29, 1.82) is 0 Å². The predicted octanol–water partition coefficient (Wildman–Crippen LogP) is 2.48. The molecule has 0 bridgehead atoms. The Labute approximate surface area is 113 Å². The number of ether oxygens (including phenoxy) is 1. The highest BCUT2D eigenvalue weighted by Gasteiger charge is 2.41. The maximum Gasteiger partial charge on any atom is 0.307 e. The van der Waals surface area contributed by atoms with Crippen LogP contribution in [0.5, 0.6) is 5.88 Å². The smallest absolute Gasteiger partial charge is 0.307 e. The van der Waals surface area contributed by atoms with Crippen molar-refractivity contribution in [1.82, 2.24) is 9.97 Å². The van der Waals surface area contributed by atoms with Crippen molar-refractivity contribution in [3.05, 3.63) is 18.1 Å². The number of aliphatic carboxylic acids is 1. The summed E-state index contributed by atoms with van der Waals surface area (Å²) in [6.07, 6.45) is 5.54. The minimum absolute atomic E-state index is 0.124. The van der Waals surface area contributed by atoms with Crippen molar-refractivity contribution < 1.29 is 14.6 Å². The molecule has 2 unspecified atom stereocenters. The highest BCUT2D eigenvalue weighted by atomic mass is 16.5. The summed E-state index contributed by atoms with van der Waals surface area (Å²) in [4.78, 5) is 19.9. The molecule has 0 aliphatic heterocycles. The summed E-state index contributed by atoms with van der Waals surface area (Å²) in [7, 11) is 1.54. The number of carboxylic acid groups (broad SMARTS) is 1. The molecule has 19 heavy (non-hydrogen) atoms. The molecule has 0 amide bonds. The SMILES string of the molecule is COc1nccnc1C1CC(C)(C)CCC1C(=O)O. The second-order valence-electron chi connectivity index (χ2n) is 5.91. The second-order valence-corrected chi connectivity index (χ2v) is 5.91. The summed E-state index contributed by atoms with van der Waals surface area (Å²) in [5.74, 6) is -0.854. The molecular formula is C14H20N2O3. The molecular weight excluding hydrogens is 244 g/mol. The van der Waals surface area contributed by atoms with Crippen molar-refractivity contribution in [2.24, 2.45) is 11.3 Å². The number of rotatable bonds is 3. The lowest BCUT2D eigenvalue weighted by Crippen LogP contribution is -2.33. The van der Waals surface area contributed by atoms with Gasteiger partial charge in [-0.1, -0.05) is 13.8 Å². The molecule has 1 aromatic heterocycles. The van der Waals surface area contributed by atoms with Gasteiger partial charge < -0.3 is 9.84 Å². The number of nitrogens with zero attached hydrogens (tertiary/aromatic N) is 2. The Morgan fingerprint density at radius 3 is 2.74 bits per heavy atom. The lowest BCUT2D eigenvalue weighted by molar-refractivity contribution is -0.144. The van der Waals surface area contributed by atoms with Gasteiger partial charge in [0.05, 0.1) is 13.0 Å². The lowest BCUT2D eigenvalue weighted by atomic mass is 9.66. The molecule has 0 aromatic carbocycles. The van der Waals surface area contributed by atoms with E-state index in [1.54, 1.807) is 12.4 Å². The average Bonchev–Trinajstić information content (AvgIpc) is 2.37. The quantitative estimate of drug-likeness (QED) is 0.908. The molecule has 5 heteroatoms. The first-order valence-corrected chi connectivity index (χ1v) is 6.52. The molecule has 1 heterocycles. The fraction of sp³-hybridized carbons (Fsp3) is 0.643. The Morgan fingerprint density at radius 1 is 1.42 bits per heavy atom. The van der Waals surface area contributed by atoms with Crippen LogP contribution in [0.3, 0.4) is 0 Å². The Balaban J connectivity index is 2.39. The molecule has 104 valence electrons. The lowest BCUT2D eigenvalue weighted by Gasteiger charge is -2.38. The molecule has 1 fully saturated rings. The van der Waals surface area contributed by atoms with Gasteiger partial charge in [-0.25, -0.2) is 4.98 Å². The van der Waals surface area contributed by atoms with E-state index in [2.05, 4.69) is 23.8 Å². The van der Waals surface area contributed by atoms with Crippen molar-refractivity contribution in [2.75, 3.05) is 7.11 Å². The van der Waals surface area contributed by atoms with Crippen LogP contribution in [0.25, 0.3) is 0 Å². The summed E-state index contributed by atoms with van der Waals surface area (Å²) in [5, 5.41) is 9.41. The highest BCUT2D eigenvalue weighted by molar-refractivity contribution is 5.71. The Hall–Kier alpha value is -1.65. The maximum absolute atomic E-state index is 11.5. The van der Waals surface area contributed by atoms with Crippen LogP contribution < -0.4 is 4.74 Å². The third kappa shape index (κ3) is 2.85. The Kier molecular flexibility index (Phi) is 3.73. The number of methoxy groups -OCH3 is 1. The van der Waals surface area contributed by atoms with E-state index in [-0.39, 0.29) is 11.3 Å². The van der Waals surface area contributed by atoms with Gasteiger partial charge in [0, 0.05) is 18.3 Å². The largest absolute Gasteiger partial charge is 0.481 e. The molecule has 5 nitrogen and oxygen atoms in total. The third-order valence-electron chi connectivity index (χ3n) is 3.94. The average molecular weight is 264 g/mol. The van der Waals surface area contributed by atoms with Gasteiger partial charge in [0.1, 0.15) is 5.69 Å². The van der Waals surface area contributed by atoms with Crippen LogP contribution in [-0.2, 0) is 4.79 Å². The van der Waals surface area contributed by atoms with E-state index >= 15 is 0 Å². The Bertz CT molecular complexity index is 474. The maximum atomic E-state index is 11.5. The van der Waals surface area contributed by atoms with E-state index in [9.17, 15) is 9.90 Å². The zero-order chi connectivity index (χ0) is 14.0. The monoisotopic (exact) mass is 264 g/mol. The minimum Gasteiger partial charge on any atom is -0.481 e. The van der Waals surface area contributed by atoms with Gasteiger partial charge in [0.15, 0.2) is 0 Å². The zero-order valence-corrected chi connectivity index (χ0v) is 11.6. The molecule has 2 rings (SSSR count). The molecule has 1 N–H and O–H groups in total. The first kappa shape index (κ1) is 13.8. The summed E-state index contributed by atoms with van der Waals surface area (Å²) in [5.41, 5.74) is 0.796.